The molecule has 0 amide bonds. The molecule has 9 aromatic carbocycles. The van der Waals surface area contributed by atoms with E-state index < -0.39 is 0 Å². The van der Waals surface area contributed by atoms with Crippen molar-refractivity contribution in [3.05, 3.63) is 217 Å². The summed E-state index contributed by atoms with van der Waals surface area (Å²) in [6.45, 7) is 4.44. The van der Waals surface area contributed by atoms with Crippen LogP contribution in [0.25, 0.3) is 82.8 Å². The summed E-state index contributed by atoms with van der Waals surface area (Å²) in [5.41, 5.74) is 17.8. The summed E-state index contributed by atoms with van der Waals surface area (Å²) in [7, 11) is 0. The van der Waals surface area contributed by atoms with E-state index in [4.69, 9.17) is 4.42 Å². The van der Waals surface area contributed by atoms with E-state index in [1.165, 1.54) is 55.2 Å². The first-order chi connectivity index (χ1) is 29.1. The molecule has 0 bridgehead atoms. The van der Waals surface area contributed by atoms with Gasteiger partial charge in [0.05, 0.1) is 11.0 Å². The third-order valence-corrected chi connectivity index (χ3v) is 11.8. The Balaban J connectivity index is 1.18. The molecule has 0 saturated heterocycles. The van der Waals surface area contributed by atoms with Gasteiger partial charge >= 0.3 is 0 Å². The molecular formula is C56H40N2O. The molecule has 2 heterocycles. The number of fused-ring (bicyclic) bond motifs is 6. The van der Waals surface area contributed by atoms with Gasteiger partial charge < -0.3 is 13.9 Å². The van der Waals surface area contributed by atoms with Crippen LogP contribution in [0.3, 0.4) is 0 Å². The van der Waals surface area contributed by atoms with E-state index >= 15 is 0 Å². The lowest BCUT2D eigenvalue weighted by molar-refractivity contribution is 0.670. The fourth-order valence-electron chi connectivity index (χ4n) is 9.14. The second-order valence-electron chi connectivity index (χ2n) is 15.4. The zero-order valence-corrected chi connectivity index (χ0v) is 32.9. The quantitative estimate of drug-likeness (QED) is 0.161. The first kappa shape index (κ1) is 34.6. The van der Waals surface area contributed by atoms with Crippen LogP contribution in [0.1, 0.15) is 11.1 Å². The third kappa shape index (κ3) is 5.82. The maximum atomic E-state index is 6.81. The van der Waals surface area contributed by atoms with Crippen molar-refractivity contribution in [1.82, 2.24) is 4.57 Å². The molecule has 3 heteroatoms. The van der Waals surface area contributed by atoms with Gasteiger partial charge in [0.15, 0.2) is 0 Å². The summed E-state index contributed by atoms with van der Waals surface area (Å²) >= 11 is 0. The Bertz CT molecular complexity index is 3300. The van der Waals surface area contributed by atoms with Gasteiger partial charge in [-0.3, -0.25) is 0 Å². The van der Waals surface area contributed by atoms with Crippen LogP contribution in [0.2, 0.25) is 0 Å². The van der Waals surface area contributed by atoms with Gasteiger partial charge in [-0.2, -0.15) is 0 Å². The van der Waals surface area contributed by atoms with Crippen molar-refractivity contribution in [1.29, 1.82) is 0 Å². The Hall–Kier alpha value is -7.62. The number of rotatable bonds is 7. The molecular weight excluding hydrogens is 717 g/mol. The summed E-state index contributed by atoms with van der Waals surface area (Å²) in [5, 5.41) is 4.66. The summed E-state index contributed by atoms with van der Waals surface area (Å²) in [5.74, 6) is 0. The van der Waals surface area contributed by atoms with Crippen LogP contribution in [0.5, 0.6) is 0 Å². The Morgan fingerprint density at radius 3 is 1.71 bits per heavy atom. The number of benzene rings is 9. The zero-order valence-electron chi connectivity index (χ0n) is 32.9. The van der Waals surface area contributed by atoms with E-state index in [1.807, 2.05) is 0 Å². The maximum absolute atomic E-state index is 6.81. The van der Waals surface area contributed by atoms with E-state index in [0.29, 0.717) is 0 Å². The predicted octanol–water partition coefficient (Wildman–Crippen LogP) is 15.8. The van der Waals surface area contributed by atoms with Gasteiger partial charge in [-0.15, -0.1) is 0 Å². The molecule has 0 aliphatic rings. The van der Waals surface area contributed by atoms with Crippen LogP contribution >= 0.6 is 0 Å². The summed E-state index contributed by atoms with van der Waals surface area (Å²) in [6, 6.07) is 74.3. The Labute approximate surface area is 343 Å². The largest absolute Gasteiger partial charge is 0.455 e. The lowest BCUT2D eigenvalue weighted by Gasteiger charge is -2.29. The number of hydrogen-bond donors (Lipinski definition) is 0. The van der Waals surface area contributed by atoms with E-state index in [-0.39, 0.29) is 0 Å². The molecule has 0 fully saturated rings. The first-order valence-corrected chi connectivity index (χ1v) is 20.3. The van der Waals surface area contributed by atoms with Gasteiger partial charge in [-0.1, -0.05) is 146 Å². The molecule has 3 nitrogen and oxygen atoms in total. The van der Waals surface area contributed by atoms with Gasteiger partial charge in [-0.05, 0) is 113 Å². The van der Waals surface area contributed by atoms with Crippen molar-refractivity contribution in [3.8, 4) is 39.1 Å². The molecule has 0 unspecified atom stereocenters. The minimum atomic E-state index is 0.872. The Kier molecular flexibility index (Phi) is 8.27. The lowest BCUT2D eigenvalue weighted by atomic mass is 9.90. The molecule has 11 aromatic rings. The van der Waals surface area contributed by atoms with E-state index in [9.17, 15) is 0 Å². The molecule has 11 rings (SSSR count). The van der Waals surface area contributed by atoms with Crippen molar-refractivity contribution in [2.75, 3.05) is 4.90 Å². The van der Waals surface area contributed by atoms with Crippen LogP contribution in [0, 0.1) is 13.8 Å². The summed E-state index contributed by atoms with van der Waals surface area (Å²) in [4.78, 5) is 2.44. The second-order valence-corrected chi connectivity index (χ2v) is 15.4. The van der Waals surface area contributed by atoms with Crippen molar-refractivity contribution in [2.45, 2.75) is 13.8 Å². The fraction of sp³-hybridized carbons (Fsp3) is 0.0357. The zero-order chi connectivity index (χ0) is 39.5. The molecule has 0 aliphatic carbocycles. The number of aryl methyl sites for hydroxylation is 2. The van der Waals surface area contributed by atoms with Gasteiger partial charge in [0, 0.05) is 49.9 Å². The topological polar surface area (TPSA) is 21.3 Å². The number of hydrogen-bond acceptors (Lipinski definition) is 2. The smallest absolute Gasteiger partial charge is 0.143 e. The van der Waals surface area contributed by atoms with E-state index in [2.05, 4.69) is 230 Å². The molecule has 0 N–H and O–H groups in total. The Morgan fingerprint density at radius 2 is 0.983 bits per heavy atom. The molecule has 59 heavy (non-hydrogen) atoms. The standard InChI is InChI=1S/C56H40N2O/c1-37-18-9-13-28-51(37)57(43-32-38(2)55(40-21-7-4-8-22-40)48(34-43)39-19-5-3-6-20-39)44-35-49(56-50(36-44)47-27-12-16-31-54(47)59-56)41-23-17-24-42(33-41)58-52-29-14-10-25-45(52)46-26-11-15-30-53(46)58/h3-36H,1-2H3. The number of para-hydroxylation sites is 4. The average Bonchev–Trinajstić information content (AvgIpc) is 3.83. The molecule has 0 spiro atoms. The highest BCUT2D eigenvalue weighted by Gasteiger charge is 2.23. The monoisotopic (exact) mass is 756 g/mol. The van der Waals surface area contributed by atoms with E-state index in [1.54, 1.807) is 0 Å². The minimum absolute atomic E-state index is 0.872. The highest BCUT2D eigenvalue weighted by atomic mass is 16.3. The SMILES string of the molecule is Cc1ccccc1N(c1cc(C)c(-c2ccccc2)c(-c2ccccc2)c1)c1cc(-c2cccc(-n3c4ccccc4c4ccccc43)c2)c2oc3ccccc3c2c1. The maximum Gasteiger partial charge on any atom is 0.143 e. The molecule has 0 saturated carbocycles. The molecule has 0 aliphatic heterocycles. The Morgan fingerprint density at radius 1 is 0.407 bits per heavy atom. The number of aromatic nitrogens is 1. The van der Waals surface area contributed by atoms with Crippen molar-refractivity contribution in [2.24, 2.45) is 0 Å². The number of nitrogens with zero attached hydrogens (tertiary/aromatic N) is 2. The minimum Gasteiger partial charge on any atom is -0.455 e. The van der Waals surface area contributed by atoms with Crippen molar-refractivity contribution in [3.63, 3.8) is 0 Å². The number of anilines is 3. The normalized spacial score (nSPS) is 11.6. The van der Waals surface area contributed by atoms with Crippen LogP contribution in [-0.4, -0.2) is 4.57 Å². The molecule has 0 atom stereocenters. The average molecular weight is 757 g/mol. The van der Waals surface area contributed by atoms with Crippen LogP contribution in [0.15, 0.2) is 211 Å². The summed E-state index contributed by atoms with van der Waals surface area (Å²) < 4.78 is 9.20. The lowest BCUT2D eigenvalue weighted by Crippen LogP contribution is -2.12. The molecule has 280 valence electrons. The number of furan rings is 1. The van der Waals surface area contributed by atoms with Crippen LogP contribution < -0.4 is 4.90 Å². The molecule has 2 aromatic heterocycles. The highest BCUT2D eigenvalue weighted by Crippen LogP contribution is 2.47. The highest BCUT2D eigenvalue weighted by molar-refractivity contribution is 6.12. The second kappa shape index (κ2) is 14.1. The van der Waals surface area contributed by atoms with Gasteiger partial charge in [0.25, 0.3) is 0 Å². The third-order valence-electron chi connectivity index (χ3n) is 11.8. The van der Waals surface area contributed by atoms with E-state index in [0.717, 1.165) is 55.8 Å². The first-order valence-electron chi connectivity index (χ1n) is 20.3. The van der Waals surface area contributed by atoms with Crippen LogP contribution in [-0.2, 0) is 0 Å². The predicted molar refractivity (Wildman–Crippen MR) is 249 cm³/mol. The molecule has 0 radical (unpaired) electrons. The summed E-state index contributed by atoms with van der Waals surface area (Å²) in [6.07, 6.45) is 0. The van der Waals surface area contributed by atoms with Crippen LogP contribution in [0.4, 0.5) is 17.1 Å². The van der Waals surface area contributed by atoms with Crippen molar-refractivity contribution >= 4 is 60.8 Å². The van der Waals surface area contributed by atoms with Crippen molar-refractivity contribution < 1.29 is 4.42 Å². The fourth-order valence-corrected chi connectivity index (χ4v) is 9.14. The van der Waals surface area contributed by atoms with Gasteiger partial charge in [-0.25, -0.2) is 0 Å². The van der Waals surface area contributed by atoms with Gasteiger partial charge in [0.1, 0.15) is 11.2 Å². The van der Waals surface area contributed by atoms with Gasteiger partial charge in [0.2, 0.25) is 0 Å².